The van der Waals surface area contributed by atoms with Crippen molar-refractivity contribution in [3.05, 3.63) is 77.3 Å². The number of hydrogen-bond donors (Lipinski definition) is 1. The first-order chi connectivity index (χ1) is 16.4. The average molecular weight is 494 g/mol. The van der Waals surface area contributed by atoms with Gasteiger partial charge in [-0.25, -0.2) is 0 Å². The van der Waals surface area contributed by atoms with Gasteiger partial charge < -0.3 is 19.7 Å². The minimum atomic E-state index is -0.0567. The van der Waals surface area contributed by atoms with Crippen LogP contribution in [-0.4, -0.2) is 27.8 Å². The molecule has 34 heavy (non-hydrogen) atoms. The van der Waals surface area contributed by atoms with Crippen LogP contribution in [0.5, 0.6) is 0 Å². The van der Waals surface area contributed by atoms with E-state index in [1.165, 1.54) is 18.4 Å². The van der Waals surface area contributed by atoms with Crippen molar-refractivity contribution in [2.75, 3.05) is 22.9 Å². The quantitative estimate of drug-likeness (QED) is 0.409. The van der Waals surface area contributed by atoms with Crippen LogP contribution in [0.25, 0.3) is 0 Å². The lowest BCUT2D eigenvalue weighted by molar-refractivity contribution is 0.438. The number of nitrogens with one attached hydrogen (secondary N) is 1. The Balaban J connectivity index is 1.52. The van der Waals surface area contributed by atoms with Gasteiger partial charge in [-0.1, -0.05) is 24.6 Å². The molecule has 0 bridgehead atoms. The van der Waals surface area contributed by atoms with Crippen molar-refractivity contribution in [2.45, 2.75) is 51.7 Å². The molecule has 5 rings (SSSR count). The number of thiocarbonyl (C=S) groups is 1. The predicted molar refractivity (Wildman–Crippen MR) is 145 cm³/mol. The number of hydrogen-bond acceptors (Lipinski definition) is 3. The van der Waals surface area contributed by atoms with Gasteiger partial charge in [0.15, 0.2) is 5.11 Å². The summed E-state index contributed by atoms with van der Waals surface area (Å²) in [6.07, 6.45) is 8.61. The third kappa shape index (κ3) is 4.41. The summed E-state index contributed by atoms with van der Waals surface area (Å²) in [6.45, 7) is 8.81. The van der Waals surface area contributed by atoms with Crippen molar-refractivity contribution < 1.29 is 0 Å². The Bertz CT molecular complexity index is 1150. The van der Waals surface area contributed by atoms with Gasteiger partial charge in [0.25, 0.3) is 0 Å². The van der Waals surface area contributed by atoms with Gasteiger partial charge in [0.05, 0.1) is 28.5 Å². The highest BCUT2D eigenvalue weighted by Crippen LogP contribution is 2.43. The van der Waals surface area contributed by atoms with E-state index in [0.717, 1.165) is 41.1 Å². The van der Waals surface area contributed by atoms with Crippen LogP contribution in [0.1, 0.15) is 63.0 Å². The van der Waals surface area contributed by atoms with Gasteiger partial charge in [-0.2, -0.15) is 0 Å². The molecule has 178 valence electrons. The van der Waals surface area contributed by atoms with Crippen LogP contribution in [0.2, 0.25) is 5.02 Å². The molecule has 3 aromatic rings. The van der Waals surface area contributed by atoms with E-state index >= 15 is 0 Å². The van der Waals surface area contributed by atoms with Crippen LogP contribution in [-0.2, 0) is 0 Å². The zero-order valence-electron chi connectivity index (χ0n) is 20.0. The fourth-order valence-corrected chi connectivity index (χ4v) is 5.69. The molecule has 1 N–H and O–H groups in total. The first kappa shape index (κ1) is 23.2. The summed E-state index contributed by atoms with van der Waals surface area (Å²) < 4.78 is 2.23. The molecule has 1 aromatic carbocycles. The maximum atomic E-state index is 6.87. The molecular weight excluding hydrogens is 462 g/mol. The number of nitrogens with zero attached hydrogens (tertiary/aromatic N) is 4. The number of halogens is 1. The molecule has 0 aliphatic carbocycles. The molecule has 2 aliphatic heterocycles. The minimum absolute atomic E-state index is 0.0276. The van der Waals surface area contributed by atoms with E-state index in [4.69, 9.17) is 23.8 Å². The molecule has 5 nitrogen and oxygen atoms in total. The third-order valence-corrected chi connectivity index (χ3v) is 7.72. The first-order valence-electron chi connectivity index (χ1n) is 12.1. The summed E-state index contributed by atoms with van der Waals surface area (Å²) in [5.41, 5.74) is 4.28. The zero-order valence-corrected chi connectivity index (χ0v) is 21.6. The largest absolute Gasteiger partial charge is 0.370 e. The number of rotatable bonds is 5. The van der Waals surface area contributed by atoms with Crippen molar-refractivity contribution >= 4 is 40.3 Å². The lowest BCUT2D eigenvalue weighted by atomic mass is 9.98. The van der Waals surface area contributed by atoms with Crippen LogP contribution in [0, 0.1) is 5.92 Å². The van der Waals surface area contributed by atoms with Gasteiger partial charge in [-0.15, -0.1) is 0 Å². The van der Waals surface area contributed by atoms with Crippen LogP contribution < -0.4 is 15.1 Å². The van der Waals surface area contributed by atoms with E-state index in [0.29, 0.717) is 11.2 Å². The maximum absolute atomic E-state index is 6.87. The van der Waals surface area contributed by atoms with Crippen LogP contribution in [0.3, 0.4) is 0 Å². The number of benzene rings is 1. The second-order valence-corrected chi connectivity index (χ2v) is 10.6. The van der Waals surface area contributed by atoms with Gasteiger partial charge in [-0.05, 0) is 86.8 Å². The SMILES string of the molecule is CC1CCN(c2ccc(N3C(=S)NC(c4ccccn4)C3c3ccn(C(C)C)c3)cc2Cl)CC1. The number of aromatic nitrogens is 2. The number of pyridine rings is 1. The molecular formula is C27H32ClN5S. The normalized spacial score (nSPS) is 21.4. The van der Waals surface area contributed by atoms with Crippen molar-refractivity contribution in [3.63, 3.8) is 0 Å². The molecule has 0 spiro atoms. The van der Waals surface area contributed by atoms with Crippen LogP contribution >= 0.6 is 23.8 Å². The standard InChI is InChI=1S/C27H32ClN5S/c1-18(2)32-15-11-20(17-32)26-25(23-6-4-5-12-29-23)30-27(34)33(26)21-7-8-24(22(28)16-21)31-13-9-19(3)10-14-31/h4-8,11-12,15-19,25-26H,9-10,13-14H2,1-3H3,(H,30,34). The second-order valence-electron chi connectivity index (χ2n) is 9.79. The van der Waals surface area contributed by atoms with E-state index in [1.807, 2.05) is 18.3 Å². The van der Waals surface area contributed by atoms with E-state index in [1.54, 1.807) is 0 Å². The summed E-state index contributed by atoms with van der Waals surface area (Å²) in [7, 11) is 0. The highest BCUT2D eigenvalue weighted by molar-refractivity contribution is 7.80. The summed E-state index contributed by atoms with van der Waals surface area (Å²) in [5.74, 6) is 0.782. The van der Waals surface area contributed by atoms with Crippen molar-refractivity contribution in [1.82, 2.24) is 14.9 Å². The second kappa shape index (κ2) is 9.59. The molecule has 0 amide bonds. The van der Waals surface area contributed by atoms with E-state index in [-0.39, 0.29) is 12.1 Å². The monoisotopic (exact) mass is 493 g/mol. The van der Waals surface area contributed by atoms with Crippen LogP contribution in [0.15, 0.2) is 61.1 Å². The highest BCUT2D eigenvalue weighted by atomic mass is 35.5. The van der Waals surface area contributed by atoms with E-state index < -0.39 is 0 Å². The molecule has 2 saturated heterocycles. The molecule has 2 atom stereocenters. The highest BCUT2D eigenvalue weighted by Gasteiger charge is 2.41. The summed E-state index contributed by atoms with van der Waals surface area (Å²) >= 11 is 12.7. The molecule has 0 radical (unpaired) electrons. The Morgan fingerprint density at radius 2 is 1.91 bits per heavy atom. The zero-order chi connectivity index (χ0) is 23.8. The predicted octanol–water partition coefficient (Wildman–Crippen LogP) is 6.53. The molecule has 2 aromatic heterocycles. The fraction of sp³-hybridized carbons (Fsp3) is 0.407. The number of anilines is 2. The van der Waals surface area contributed by atoms with Gasteiger partial charge in [0.1, 0.15) is 0 Å². The number of piperidine rings is 1. The molecule has 0 saturated carbocycles. The minimum Gasteiger partial charge on any atom is -0.370 e. The van der Waals surface area contributed by atoms with Gasteiger partial charge in [-0.3, -0.25) is 4.98 Å². The Kier molecular flexibility index (Phi) is 6.54. The van der Waals surface area contributed by atoms with E-state index in [9.17, 15) is 0 Å². The molecule has 2 aliphatic rings. The fourth-order valence-electron chi connectivity index (χ4n) is 5.05. The van der Waals surface area contributed by atoms with Crippen molar-refractivity contribution in [1.29, 1.82) is 0 Å². The summed E-state index contributed by atoms with van der Waals surface area (Å²) in [5, 5.41) is 5.00. The Labute approximate surface area is 212 Å². The molecule has 7 heteroatoms. The molecule has 2 unspecified atom stereocenters. The topological polar surface area (TPSA) is 36.3 Å². The van der Waals surface area contributed by atoms with Gasteiger partial charge >= 0.3 is 0 Å². The lowest BCUT2D eigenvalue weighted by Gasteiger charge is -2.33. The third-order valence-electron chi connectivity index (χ3n) is 7.11. The van der Waals surface area contributed by atoms with Crippen molar-refractivity contribution in [3.8, 4) is 0 Å². The Morgan fingerprint density at radius 1 is 1.12 bits per heavy atom. The van der Waals surface area contributed by atoms with Crippen molar-refractivity contribution in [2.24, 2.45) is 5.92 Å². The van der Waals surface area contributed by atoms with E-state index in [2.05, 4.69) is 88.2 Å². The Morgan fingerprint density at radius 3 is 2.56 bits per heavy atom. The smallest absolute Gasteiger partial charge is 0.174 e. The molecule has 2 fully saturated rings. The summed E-state index contributed by atoms with van der Waals surface area (Å²) in [6, 6.07) is 14.9. The molecule has 4 heterocycles. The first-order valence-corrected chi connectivity index (χ1v) is 12.9. The van der Waals surface area contributed by atoms with Crippen LogP contribution in [0.4, 0.5) is 11.4 Å². The lowest BCUT2D eigenvalue weighted by Crippen LogP contribution is -2.33. The van der Waals surface area contributed by atoms with Gasteiger partial charge in [0.2, 0.25) is 0 Å². The maximum Gasteiger partial charge on any atom is 0.174 e. The Hall–Kier alpha value is -2.57. The summed E-state index contributed by atoms with van der Waals surface area (Å²) in [4.78, 5) is 9.25. The average Bonchev–Trinajstić information content (AvgIpc) is 3.45. The van der Waals surface area contributed by atoms with Gasteiger partial charge in [0, 0.05) is 43.4 Å².